The fourth-order valence-electron chi connectivity index (χ4n) is 5.16. The first-order valence-corrected chi connectivity index (χ1v) is 14.0. The lowest BCUT2D eigenvalue weighted by molar-refractivity contribution is -0.117. The second-order valence-corrected chi connectivity index (χ2v) is 10.1. The van der Waals surface area contributed by atoms with Crippen LogP contribution in [-0.4, -0.2) is 51.1 Å². The number of para-hydroxylation sites is 1. The predicted octanol–water partition coefficient (Wildman–Crippen LogP) is 4.62. The summed E-state index contributed by atoms with van der Waals surface area (Å²) in [5.74, 6) is -1.38. The minimum absolute atomic E-state index is 0.0201. The molecule has 2 aliphatic rings. The number of ether oxygens (including phenoxy) is 1. The van der Waals surface area contributed by atoms with Crippen molar-refractivity contribution in [3.8, 4) is 17.1 Å². The number of carbonyl (C=O) groups is 2. The van der Waals surface area contributed by atoms with Crippen LogP contribution in [0.3, 0.4) is 0 Å². The maximum atomic E-state index is 15.3. The fraction of sp³-hybridized carbons (Fsp3) is 0.258. The monoisotopic (exact) mass is 567 g/mol. The normalized spacial score (nSPS) is 17.9. The van der Waals surface area contributed by atoms with Crippen LogP contribution in [0.4, 0.5) is 15.9 Å². The maximum absolute atomic E-state index is 15.3. The van der Waals surface area contributed by atoms with E-state index in [1.165, 1.54) is 6.07 Å². The second kappa shape index (κ2) is 11.4. The van der Waals surface area contributed by atoms with E-state index in [0.29, 0.717) is 30.3 Å². The van der Waals surface area contributed by atoms with Crippen molar-refractivity contribution in [2.24, 2.45) is 4.99 Å². The predicted molar refractivity (Wildman–Crippen MR) is 157 cm³/mol. The Morgan fingerprint density at radius 2 is 1.88 bits per heavy atom. The molecule has 42 heavy (non-hydrogen) atoms. The van der Waals surface area contributed by atoms with E-state index in [0.717, 1.165) is 24.0 Å². The molecule has 4 heterocycles. The lowest BCUT2D eigenvalue weighted by atomic mass is 10.0. The van der Waals surface area contributed by atoms with Crippen molar-refractivity contribution in [3.63, 3.8) is 0 Å². The molecule has 2 aromatic heterocycles. The number of benzene rings is 2. The molecule has 2 amide bonds. The number of pyridine rings is 1. The molecule has 214 valence electrons. The van der Waals surface area contributed by atoms with Gasteiger partial charge in [-0.2, -0.15) is 9.49 Å². The molecule has 2 atom stereocenters. The van der Waals surface area contributed by atoms with E-state index < -0.39 is 23.9 Å². The second-order valence-electron chi connectivity index (χ2n) is 10.1. The lowest BCUT2D eigenvalue weighted by Gasteiger charge is -2.16. The topological polar surface area (TPSA) is 123 Å². The van der Waals surface area contributed by atoms with Gasteiger partial charge >= 0.3 is 0 Å². The number of anilines is 2. The molecule has 11 heteroatoms. The number of rotatable bonds is 6. The Morgan fingerprint density at radius 3 is 2.67 bits per heavy atom. The standard InChI is InChI=1S/C31H30FN7O3/c1-3-33-23-16-15-21(27(32)35-23)26-24(31-39(38-26)17-9-10-18(2)42-31)29(40)37-28-30(41)34-22-14-8-7-13-20(22)25(36-28)19-11-5-4-6-12-19/h4-8,11-16,18,28H,3,9-10,17H2,1-2H3,(H,33,35)(H,34,41)(H,37,40)/t18-,28-/m1/s1. The molecule has 2 aromatic carbocycles. The van der Waals surface area contributed by atoms with Gasteiger partial charge in [-0.15, -0.1) is 0 Å². The molecule has 4 aromatic rings. The summed E-state index contributed by atoms with van der Waals surface area (Å²) in [5.41, 5.74) is 2.77. The van der Waals surface area contributed by atoms with Gasteiger partial charge in [-0.05, 0) is 44.9 Å². The highest BCUT2D eigenvalue weighted by molar-refractivity contribution is 6.20. The molecule has 0 aliphatic carbocycles. The van der Waals surface area contributed by atoms with Crippen LogP contribution in [0.5, 0.6) is 5.88 Å². The molecule has 0 unspecified atom stereocenters. The van der Waals surface area contributed by atoms with E-state index in [-0.39, 0.29) is 28.8 Å². The number of nitrogens with zero attached hydrogens (tertiary/aromatic N) is 4. The van der Waals surface area contributed by atoms with Gasteiger partial charge in [-0.25, -0.2) is 14.7 Å². The van der Waals surface area contributed by atoms with Crippen LogP contribution < -0.4 is 20.7 Å². The van der Waals surface area contributed by atoms with Crippen LogP contribution in [0.15, 0.2) is 71.7 Å². The smallest absolute Gasteiger partial charge is 0.269 e. The molecule has 3 N–H and O–H groups in total. The Morgan fingerprint density at radius 1 is 1.10 bits per heavy atom. The summed E-state index contributed by atoms with van der Waals surface area (Å²) in [6, 6.07) is 19.9. The van der Waals surface area contributed by atoms with Gasteiger partial charge in [0, 0.05) is 24.2 Å². The zero-order chi connectivity index (χ0) is 29.2. The van der Waals surface area contributed by atoms with E-state index in [4.69, 9.17) is 9.73 Å². The van der Waals surface area contributed by atoms with Crippen molar-refractivity contribution >= 4 is 29.0 Å². The Bertz CT molecular complexity index is 1690. The van der Waals surface area contributed by atoms with Crippen LogP contribution in [0.25, 0.3) is 11.3 Å². The quantitative estimate of drug-likeness (QED) is 0.292. The summed E-state index contributed by atoms with van der Waals surface area (Å²) in [4.78, 5) is 36.2. The average Bonchev–Trinajstić information content (AvgIpc) is 3.13. The highest BCUT2D eigenvalue weighted by Gasteiger charge is 2.34. The molecule has 0 fully saturated rings. The highest BCUT2D eigenvalue weighted by Crippen LogP contribution is 2.35. The molecule has 0 saturated heterocycles. The summed E-state index contributed by atoms with van der Waals surface area (Å²) in [6.45, 7) is 4.85. The number of carbonyl (C=O) groups excluding carboxylic acids is 2. The summed E-state index contributed by atoms with van der Waals surface area (Å²) in [6.07, 6.45) is 0.0524. The van der Waals surface area contributed by atoms with Crippen molar-refractivity contribution in [1.29, 1.82) is 0 Å². The average molecular weight is 568 g/mol. The van der Waals surface area contributed by atoms with E-state index >= 15 is 4.39 Å². The van der Waals surface area contributed by atoms with Crippen LogP contribution in [0.2, 0.25) is 0 Å². The fourth-order valence-corrected chi connectivity index (χ4v) is 5.16. The van der Waals surface area contributed by atoms with E-state index in [1.807, 2.05) is 62.4 Å². The van der Waals surface area contributed by atoms with Gasteiger partial charge in [0.1, 0.15) is 17.1 Å². The van der Waals surface area contributed by atoms with Gasteiger partial charge in [0.05, 0.1) is 23.1 Å². The molecule has 0 spiro atoms. The van der Waals surface area contributed by atoms with Gasteiger partial charge in [0.25, 0.3) is 11.8 Å². The summed E-state index contributed by atoms with van der Waals surface area (Å²) >= 11 is 0. The zero-order valence-electron chi connectivity index (χ0n) is 23.2. The van der Waals surface area contributed by atoms with Crippen molar-refractivity contribution < 1.29 is 18.7 Å². The number of fused-ring (bicyclic) bond motifs is 2. The van der Waals surface area contributed by atoms with Crippen molar-refractivity contribution in [2.75, 3.05) is 17.2 Å². The number of halogens is 1. The lowest BCUT2D eigenvalue weighted by Crippen LogP contribution is -2.42. The van der Waals surface area contributed by atoms with E-state index in [1.54, 1.807) is 16.8 Å². The summed E-state index contributed by atoms with van der Waals surface area (Å²) < 4.78 is 23.0. The molecule has 0 saturated carbocycles. The van der Waals surface area contributed by atoms with Crippen LogP contribution in [0.1, 0.15) is 48.2 Å². The minimum Gasteiger partial charge on any atom is -0.474 e. The van der Waals surface area contributed by atoms with Gasteiger partial charge in [0.15, 0.2) is 0 Å². The first-order valence-electron chi connectivity index (χ1n) is 14.0. The van der Waals surface area contributed by atoms with Gasteiger partial charge in [-0.1, -0.05) is 48.5 Å². The van der Waals surface area contributed by atoms with Crippen LogP contribution in [-0.2, 0) is 11.3 Å². The number of aryl methyl sites for hydroxylation is 1. The zero-order valence-corrected chi connectivity index (χ0v) is 23.2. The number of hydrogen-bond acceptors (Lipinski definition) is 7. The van der Waals surface area contributed by atoms with Crippen molar-refractivity contribution in [1.82, 2.24) is 20.1 Å². The SMILES string of the molecule is CCNc1ccc(-c2nn3c(c2C(=O)N[C@H]2N=C(c4ccccc4)c4ccccc4NC2=O)O[C@H](C)CCC3)c(F)n1. The Kier molecular flexibility index (Phi) is 7.39. The van der Waals surface area contributed by atoms with Crippen molar-refractivity contribution in [3.05, 3.63) is 89.4 Å². The third kappa shape index (κ3) is 5.20. The Labute approximate surface area is 242 Å². The molecule has 6 rings (SSSR count). The summed E-state index contributed by atoms with van der Waals surface area (Å²) in [7, 11) is 0. The van der Waals surface area contributed by atoms with E-state index in [9.17, 15) is 9.59 Å². The Balaban J connectivity index is 1.43. The van der Waals surface area contributed by atoms with Crippen LogP contribution >= 0.6 is 0 Å². The number of nitrogens with one attached hydrogen (secondary N) is 3. The number of aromatic nitrogens is 3. The van der Waals surface area contributed by atoms with Gasteiger partial charge in [0.2, 0.25) is 18.0 Å². The third-order valence-electron chi connectivity index (χ3n) is 7.15. The molecule has 0 bridgehead atoms. The highest BCUT2D eigenvalue weighted by atomic mass is 19.1. The first kappa shape index (κ1) is 27.1. The molecular weight excluding hydrogens is 537 g/mol. The molecule has 0 radical (unpaired) electrons. The molecular formula is C31H30FN7O3. The van der Waals surface area contributed by atoms with Crippen molar-refractivity contribution in [2.45, 2.75) is 45.5 Å². The third-order valence-corrected chi connectivity index (χ3v) is 7.15. The van der Waals surface area contributed by atoms with Gasteiger partial charge in [-0.3, -0.25) is 9.59 Å². The Hall–Kier alpha value is -5.06. The molecule has 2 aliphatic heterocycles. The molecule has 10 nitrogen and oxygen atoms in total. The van der Waals surface area contributed by atoms with E-state index in [2.05, 4.69) is 26.0 Å². The first-order chi connectivity index (χ1) is 20.4. The maximum Gasteiger partial charge on any atom is 0.269 e. The van der Waals surface area contributed by atoms with Crippen LogP contribution in [0, 0.1) is 5.95 Å². The minimum atomic E-state index is -1.29. The largest absolute Gasteiger partial charge is 0.474 e. The number of amides is 2. The van der Waals surface area contributed by atoms with Gasteiger partial charge < -0.3 is 20.7 Å². The summed E-state index contributed by atoms with van der Waals surface area (Å²) in [5, 5.41) is 13.2. The number of aliphatic imine (C=N–C) groups is 1. The number of hydrogen-bond donors (Lipinski definition) is 3. The number of benzodiazepines with no additional fused rings is 1.